The predicted molar refractivity (Wildman–Crippen MR) is 138 cm³/mol. The van der Waals surface area contributed by atoms with Crippen LogP contribution in [0.25, 0.3) is 0 Å². The number of thiophene rings is 1. The van der Waals surface area contributed by atoms with Crippen LogP contribution in [0, 0.1) is 0 Å². The van der Waals surface area contributed by atoms with Crippen molar-refractivity contribution in [3.63, 3.8) is 0 Å². The summed E-state index contributed by atoms with van der Waals surface area (Å²) >= 11 is 1.38. The Hall–Kier alpha value is -3.85. The number of carbonyl (C=O) groups is 2. The van der Waals surface area contributed by atoms with E-state index in [9.17, 15) is 9.59 Å². The number of ether oxygens (including phenoxy) is 3. The number of nitrogens with zero attached hydrogens (tertiary/aromatic N) is 1. The third kappa shape index (κ3) is 6.83. The molecular formula is C26H29N3O5S. The Labute approximate surface area is 208 Å². The first-order valence-corrected chi connectivity index (χ1v) is 12.2. The van der Waals surface area contributed by atoms with Crippen LogP contribution in [0.1, 0.15) is 53.3 Å². The van der Waals surface area contributed by atoms with Crippen LogP contribution in [-0.2, 0) is 0 Å². The van der Waals surface area contributed by atoms with Gasteiger partial charge in [0.2, 0.25) is 5.75 Å². The Bertz CT molecular complexity index is 1150. The predicted octanol–water partition coefficient (Wildman–Crippen LogP) is 5.35. The lowest BCUT2D eigenvalue weighted by atomic mass is 10.1. The molecule has 2 aromatic carbocycles. The maximum Gasteiger partial charge on any atom is 0.271 e. The highest BCUT2D eigenvalue weighted by Gasteiger charge is 2.18. The van der Waals surface area contributed by atoms with E-state index in [-0.39, 0.29) is 5.91 Å². The fourth-order valence-electron chi connectivity index (χ4n) is 3.18. The summed E-state index contributed by atoms with van der Waals surface area (Å²) in [6.07, 6.45) is 0. The van der Waals surface area contributed by atoms with Gasteiger partial charge in [0.15, 0.2) is 11.5 Å². The summed E-state index contributed by atoms with van der Waals surface area (Å²) in [7, 11) is 0. The zero-order chi connectivity index (χ0) is 25.2. The van der Waals surface area contributed by atoms with Gasteiger partial charge in [-0.25, -0.2) is 5.43 Å². The van der Waals surface area contributed by atoms with E-state index in [0.717, 1.165) is 5.56 Å². The molecule has 0 saturated carbocycles. The second-order valence-corrected chi connectivity index (χ2v) is 8.20. The Balaban J connectivity index is 1.72. The first kappa shape index (κ1) is 25.8. The average Bonchev–Trinajstić information content (AvgIpc) is 3.40. The maximum absolute atomic E-state index is 12.8. The van der Waals surface area contributed by atoms with Crippen LogP contribution in [0.3, 0.4) is 0 Å². The number of amides is 2. The van der Waals surface area contributed by atoms with Gasteiger partial charge < -0.3 is 19.5 Å². The van der Waals surface area contributed by atoms with Gasteiger partial charge in [0.25, 0.3) is 11.8 Å². The van der Waals surface area contributed by atoms with Gasteiger partial charge in [-0.15, -0.1) is 11.3 Å². The molecule has 3 aromatic rings. The molecular weight excluding hydrogens is 466 g/mol. The van der Waals surface area contributed by atoms with E-state index in [4.69, 9.17) is 14.2 Å². The summed E-state index contributed by atoms with van der Waals surface area (Å²) < 4.78 is 17.0. The van der Waals surface area contributed by atoms with E-state index < -0.39 is 5.91 Å². The molecule has 1 heterocycles. The number of benzene rings is 2. The molecule has 0 aliphatic carbocycles. The minimum absolute atomic E-state index is 0.154. The third-order valence-corrected chi connectivity index (χ3v) is 5.67. The topological polar surface area (TPSA) is 98.2 Å². The van der Waals surface area contributed by atoms with Crippen molar-refractivity contribution in [2.45, 2.75) is 27.7 Å². The molecule has 184 valence electrons. The van der Waals surface area contributed by atoms with Gasteiger partial charge in [0.1, 0.15) is 0 Å². The van der Waals surface area contributed by atoms with Crippen LogP contribution in [0.15, 0.2) is 59.0 Å². The summed E-state index contributed by atoms with van der Waals surface area (Å²) in [6, 6.07) is 14.1. The molecule has 0 aliphatic heterocycles. The Morgan fingerprint density at radius 2 is 1.49 bits per heavy atom. The lowest BCUT2D eigenvalue weighted by Gasteiger charge is -2.16. The van der Waals surface area contributed by atoms with Crippen LogP contribution in [-0.4, -0.2) is 37.3 Å². The molecule has 0 fully saturated rings. The Morgan fingerprint density at radius 1 is 0.857 bits per heavy atom. The number of hydrogen-bond donors (Lipinski definition) is 2. The highest BCUT2D eigenvalue weighted by Crippen LogP contribution is 2.39. The van der Waals surface area contributed by atoms with Crippen LogP contribution in [0.2, 0.25) is 0 Å². The van der Waals surface area contributed by atoms with Gasteiger partial charge in [-0.05, 0) is 69.0 Å². The van der Waals surface area contributed by atoms with Crippen molar-refractivity contribution in [3.05, 3.63) is 69.9 Å². The average molecular weight is 496 g/mol. The summed E-state index contributed by atoms with van der Waals surface area (Å²) in [4.78, 5) is 25.7. The number of hydrogen-bond acceptors (Lipinski definition) is 7. The van der Waals surface area contributed by atoms with Crippen LogP contribution >= 0.6 is 11.3 Å². The Kier molecular flexibility index (Phi) is 9.25. The minimum atomic E-state index is -0.408. The smallest absolute Gasteiger partial charge is 0.271 e. The summed E-state index contributed by atoms with van der Waals surface area (Å²) in [5, 5.41) is 8.94. The number of anilines is 1. The molecule has 0 unspecified atom stereocenters. The molecule has 2 amide bonds. The molecule has 2 N–H and O–H groups in total. The minimum Gasteiger partial charge on any atom is -0.490 e. The van der Waals surface area contributed by atoms with Gasteiger partial charge >= 0.3 is 0 Å². The van der Waals surface area contributed by atoms with E-state index in [1.165, 1.54) is 11.3 Å². The van der Waals surface area contributed by atoms with E-state index in [2.05, 4.69) is 15.8 Å². The lowest BCUT2D eigenvalue weighted by molar-refractivity contribution is 0.0953. The van der Waals surface area contributed by atoms with Crippen molar-refractivity contribution in [2.24, 2.45) is 5.10 Å². The fraction of sp³-hybridized carbons (Fsp3) is 0.269. The zero-order valence-electron chi connectivity index (χ0n) is 20.2. The van der Waals surface area contributed by atoms with Crippen molar-refractivity contribution < 1.29 is 23.8 Å². The number of hydrazone groups is 1. The van der Waals surface area contributed by atoms with Crippen molar-refractivity contribution >= 4 is 34.6 Å². The van der Waals surface area contributed by atoms with Crippen molar-refractivity contribution in [1.29, 1.82) is 0 Å². The number of nitrogens with one attached hydrogen (secondary N) is 2. The number of carbonyl (C=O) groups excluding carboxylic acids is 2. The highest BCUT2D eigenvalue weighted by atomic mass is 32.1. The Morgan fingerprint density at radius 3 is 2.03 bits per heavy atom. The SMILES string of the molecule is CCOc1cc(C(=O)NN=C(C)c2ccc(NC(=O)c3cccs3)cc2)cc(OCC)c1OCC. The van der Waals surface area contributed by atoms with E-state index in [0.29, 0.717) is 58.9 Å². The molecule has 0 aliphatic rings. The van der Waals surface area contributed by atoms with Crippen molar-refractivity contribution in [1.82, 2.24) is 5.43 Å². The van der Waals surface area contributed by atoms with Crippen molar-refractivity contribution in [3.8, 4) is 17.2 Å². The largest absolute Gasteiger partial charge is 0.490 e. The van der Waals surface area contributed by atoms with Gasteiger partial charge in [0.05, 0.1) is 30.4 Å². The highest BCUT2D eigenvalue weighted by molar-refractivity contribution is 7.12. The third-order valence-electron chi connectivity index (χ3n) is 4.80. The number of rotatable bonds is 11. The van der Waals surface area contributed by atoms with Crippen LogP contribution in [0.4, 0.5) is 5.69 Å². The van der Waals surface area contributed by atoms with E-state index in [1.54, 1.807) is 37.3 Å². The normalized spacial score (nSPS) is 11.0. The molecule has 0 saturated heterocycles. The van der Waals surface area contributed by atoms with Crippen LogP contribution < -0.4 is 25.0 Å². The fourth-order valence-corrected chi connectivity index (χ4v) is 3.80. The summed E-state index contributed by atoms with van der Waals surface area (Å²) in [6.45, 7) is 8.63. The second-order valence-electron chi connectivity index (χ2n) is 7.25. The molecule has 1 aromatic heterocycles. The maximum atomic E-state index is 12.8. The quantitative estimate of drug-likeness (QED) is 0.276. The monoisotopic (exact) mass is 495 g/mol. The first-order valence-electron chi connectivity index (χ1n) is 11.3. The van der Waals surface area contributed by atoms with Gasteiger partial charge in [-0.3, -0.25) is 9.59 Å². The zero-order valence-corrected chi connectivity index (χ0v) is 21.0. The van der Waals surface area contributed by atoms with Gasteiger partial charge in [-0.1, -0.05) is 18.2 Å². The van der Waals surface area contributed by atoms with Crippen LogP contribution in [0.5, 0.6) is 17.2 Å². The molecule has 3 rings (SSSR count). The standard InChI is InChI=1S/C26H29N3O5S/c1-5-32-21-15-19(16-22(33-6-2)24(21)34-7-3)25(30)29-28-17(4)18-10-12-20(13-11-18)27-26(31)23-9-8-14-35-23/h8-16H,5-7H2,1-4H3,(H,27,31)(H,29,30). The molecule has 35 heavy (non-hydrogen) atoms. The summed E-state index contributed by atoms with van der Waals surface area (Å²) in [5.41, 5.74) is 5.00. The lowest BCUT2D eigenvalue weighted by Crippen LogP contribution is -2.20. The van der Waals surface area contributed by atoms with Gasteiger partial charge in [0, 0.05) is 11.3 Å². The molecule has 0 radical (unpaired) electrons. The molecule has 9 heteroatoms. The molecule has 0 spiro atoms. The van der Waals surface area contributed by atoms with Crippen molar-refractivity contribution in [2.75, 3.05) is 25.1 Å². The van der Waals surface area contributed by atoms with E-state index in [1.807, 2.05) is 44.4 Å². The molecule has 0 bridgehead atoms. The first-order chi connectivity index (χ1) is 17.0. The second kappa shape index (κ2) is 12.6. The summed E-state index contributed by atoms with van der Waals surface area (Å²) in [5.74, 6) is 0.782. The molecule has 8 nitrogen and oxygen atoms in total. The van der Waals surface area contributed by atoms with Gasteiger partial charge in [-0.2, -0.15) is 5.10 Å². The molecule has 0 atom stereocenters. The van der Waals surface area contributed by atoms with E-state index >= 15 is 0 Å².